The van der Waals surface area contributed by atoms with E-state index >= 15 is 0 Å². The zero-order valence-corrected chi connectivity index (χ0v) is 19.3. The van der Waals surface area contributed by atoms with Crippen molar-refractivity contribution in [3.05, 3.63) is 23.8 Å². The molecule has 162 valence electrons. The second kappa shape index (κ2) is 7.66. The van der Waals surface area contributed by atoms with Crippen LogP contribution in [0.3, 0.4) is 0 Å². The number of rotatable bonds is 4. The quantitative estimate of drug-likeness (QED) is 0.561. The summed E-state index contributed by atoms with van der Waals surface area (Å²) in [6.07, 6.45) is 15.2. The van der Waals surface area contributed by atoms with E-state index in [9.17, 15) is 9.90 Å². The molecule has 0 heterocycles. The lowest BCUT2D eigenvalue weighted by Gasteiger charge is -2.59. The average Bonchev–Trinajstić information content (AvgIpc) is 3.00. The molecule has 0 amide bonds. The van der Waals surface area contributed by atoms with Crippen LogP contribution in [0.2, 0.25) is 0 Å². The number of hydrogen-bond acceptors (Lipinski definition) is 2. The van der Waals surface area contributed by atoms with Gasteiger partial charge in [0.05, 0.1) is 6.10 Å². The van der Waals surface area contributed by atoms with E-state index < -0.39 is 6.10 Å². The van der Waals surface area contributed by atoms with Crippen molar-refractivity contribution in [1.29, 1.82) is 0 Å². The number of carbonyl (C=O) groups excluding carboxylic acids is 1. The van der Waals surface area contributed by atoms with Crippen LogP contribution in [-0.4, -0.2) is 17.0 Å². The summed E-state index contributed by atoms with van der Waals surface area (Å²) in [5, 5.41) is 11.0. The molecule has 0 aromatic rings. The highest BCUT2D eigenvalue weighted by atomic mass is 16.3. The topological polar surface area (TPSA) is 37.3 Å². The summed E-state index contributed by atoms with van der Waals surface area (Å²) in [4.78, 5) is 12.1. The van der Waals surface area contributed by atoms with Crippen LogP contribution in [0, 0.1) is 46.3 Å². The number of carbonyl (C=O) groups is 1. The van der Waals surface area contributed by atoms with Gasteiger partial charge in [-0.15, -0.1) is 0 Å². The molecule has 0 bridgehead atoms. The Morgan fingerprint density at radius 2 is 1.90 bits per heavy atom. The Bertz CT molecular complexity index is 703. The molecule has 0 radical (unpaired) electrons. The molecule has 4 rings (SSSR count). The number of fused-ring (bicyclic) bond motifs is 5. The van der Waals surface area contributed by atoms with E-state index in [0.717, 1.165) is 36.2 Å². The maximum atomic E-state index is 12.1. The molecule has 8 unspecified atom stereocenters. The van der Waals surface area contributed by atoms with Crippen molar-refractivity contribution in [1.82, 2.24) is 0 Å². The van der Waals surface area contributed by atoms with Crippen molar-refractivity contribution < 1.29 is 9.90 Å². The Morgan fingerprint density at radius 1 is 1.14 bits per heavy atom. The smallest absolute Gasteiger partial charge is 0.155 e. The van der Waals surface area contributed by atoms with Crippen molar-refractivity contribution in [3.8, 4) is 0 Å². The van der Waals surface area contributed by atoms with Crippen molar-refractivity contribution in [2.24, 2.45) is 46.3 Å². The average molecular weight is 399 g/mol. The first-order valence-corrected chi connectivity index (χ1v) is 12.3. The predicted octanol–water partition coefficient (Wildman–Crippen LogP) is 6.34. The molecule has 0 spiro atoms. The van der Waals surface area contributed by atoms with Gasteiger partial charge in [-0.25, -0.2) is 0 Å². The number of hydrogen-bond donors (Lipinski definition) is 1. The predicted molar refractivity (Wildman–Crippen MR) is 119 cm³/mol. The van der Waals surface area contributed by atoms with Gasteiger partial charge < -0.3 is 5.11 Å². The van der Waals surface area contributed by atoms with E-state index in [1.807, 2.05) is 6.08 Å². The van der Waals surface area contributed by atoms with Crippen LogP contribution >= 0.6 is 0 Å². The molecule has 1 N–H and O–H groups in total. The minimum absolute atomic E-state index is 0.0401. The SMILES string of the molecule is CC(C)CC=CC(C)C1CCC2C3CC(O)C4=CC(=O)CCC4(C)C3CCC12C. The summed E-state index contributed by atoms with van der Waals surface area (Å²) in [5.74, 6) is 4.37. The standard InChI is InChI=1S/C27H42O2/c1-17(2)7-6-8-18(3)21-9-10-22-20-16-25(29)24-15-19(28)11-13-27(24,5)23(20)12-14-26(21,22)4/h6,8,15,17-18,20-23,25,29H,7,9-14,16H2,1-5H3. The highest BCUT2D eigenvalue weighted by Crippen LogP contribution is 2.67. The number of aliphatic hydroxyl groups excluding tert-OH is 1. The van der Waals surface area contributed by atoms with Gasteiger partial charge in [0.25, 0.3) is 0 Å². The molecule has 4 aliphatic carbocycles. The summed E-state index contributed by atoms with van der Waals surface area (Å²) < 4.78 is 0. The third-order valence-corrected chi connectivity index (χ3v) is 9.73. The van der Waals surface area contributed by atoms with E-state index in [1.54, 1.807) is 0 Å². The highest BCUT2D eigenvalue weighted by Gasteiger charge is 2.60. The third kappa shape index (κ3) is 3.48. The van der Waals surface area contributed by atoms with E-state index in [4.69, 9.17) is 0 Å². The summed E-state index contributed by atoms with van der Waals surface area (Å²) in [7, 11) is 0. The number of aliphatic hydroxyl groups is 1. The number of allylic oxidation sites excluding steroid dienone is 2. The minimum atomic E-state index is -0.407. The van der Waals surface area contributed by atoms with Crippen molar-refractivity contribution in [2.75, 3.05) is 0 Å². The Hall–Kier alpha value is -0.890. The molecule has 8 atom stereocenters. The minimum Gasteiger partial charge on any atom is -0.389 e. The molecule has 2 nitrogen and oxygen atoms in total. The van der Waals surface area contributed by atoms with Crippen molar-refractivity contribution in [3.63, 3.8) is 0 Å². The molecule has 0 aliphatic heterocycles. The lowest BCUT2D eigenvalue weighted by molar-refractivity contribution is -0.119. The zero-order chi connectivity index (χ0) is 21.0. The van der Waals surface area contributed by atoms with Gasteiger partial charge in [-0.1, -0.05) is 46.8 Å². The first kappa shape index (κ1) is 21.3. The molecule has 0 aromatic carbocycles. The maximum absolute atomic E-state index is 12.1. The Kier molecular flexibility index (Phi) is 5.64. The van der Waals surface area contributed by atoms with E-state index in [1.165, 1.54) is 32.1 Å². The highest BCUT2D eigenvalue weighted by molar-refractivity contribution is 5.91. The largest absolute Gasteiger partial charge is 0.389 e. The molecule has 2 heteroatoms. The van der Waals surface area contributed by atoms with Gasteiger partial charge in [0, 0.05) is 6.42 Å². The normalized spacial score (nSPS) is 45.7. The Balaban J connectivity index is 1.57. The van der Waals surface area contributed by atoms with Crippen LogP contribution in [0.5, 0.6) is 0 Å². The van der Waals surface area contributed by atoms with Gasteiger partial charge in [-0.3, -0.25) is 4.79 Å². The first-order valence-electron chi connectivity index (χ1n) is 12.3. The van der Waals surface area contributed by atoms with Crippen LogP contribution < -0.4 is 0 Å². The second-order valence-corrected chi connectivity index (χ2v) is 11.8. The van der Waals surface area contributed by atoms with Crippen LogP contribution in [-0.2, 0) is 4.79 Å². The Morgan fingerprint density at radius 3 is 2.62 bits per heavy atom. The summed E-state index contributed by atoms with van der Waals surface area (Å²) in [6, 6.07) is 0. The van der Waals surface area contributed by atoms with Gasteiger partial charge in [-0.2, -0.15) is 0 Å². The van der Waals surface area contributed by atoms with E-state index in [2.05, 4.69) is 46.8 Å². The van der Waals surface area contributed by atoms with Crippen molar-refractivity contribution >= 4 is 5.78 Å². The fraction of sp³-hybridized carbons (Fsp3) is 0.815. The van der Waals surface area contributed by atoms with Gasteiger partial charge in [-0.05, 0) is 103 Å². The fourth-order valence-electron chi connectivity index (χ4n) is 8.21. The summed E-state index contributed by atoms with van der Waals surface area (Å²) >= 11 is 0. The van der Waals surface area contributed by atoms with Gasteiger partial charge in [0.1, 0.15) is 0 Å². The monoisotopic (exact) mass is 398 g/mol. The maximum Gasteiger partial charge on any atom is 0.155 e. The van der Waals surface area contributed by atoms with Crippen LogP contribution in [0.4, 0.5) is 0 Å². The van der Waals surface area contributed by atoms with Crippen LogP contribution in [0.25, 0.3) is 0 Å². The van der Waals surface area contributed by atoms with Gasteiger partial charge in [0.15, 0.2) is 5.78 Å². The first-order chi connectivity index (χ1) is 13.7. The molecular formula is C27H42O2. The van der Waals surface area contributed by atoms with Gasteiger partial charge in [0.2, 0.25) is 0 Å². The molecular weight excluding hydrogens is 356 g/mol. The molecule has 0 saturated heterocycles. The molecule has 3 saturated carbocycles. The summed E-state index contributed by atoms with van der Waals surface area (Å²) in [6.45, 7) is 12.0. The summed E-state index contributed by atoms with van der Waals surface area (Å²) in [5.41, 5.74) is 1.52. The molecule has 4 aliphatic rings. The molecule has 29 heavy (non-hydrogen) atoms. The van der Waals surface area contributed by atoms with Gasteiger partial charge >= 0.3 is 0 Å². The van der Waals surface area contributed by atoms with E-state index in [0.29, 0.717) is 29.6 Å². The zero-order valence-electron chi connectivity index (χ0n) is 19.3. The van der Waals surface area contributed by atoms with Crippen molar-refractivity contribution in [2.45, 2.75) is 92.1 Å². The fourth-order valence-corrected chi connectivity index (χ4v) is 8.21. The molecule has 0 aromatic heterocycles. The van der Waals surface area contributed by atoms with Crippen LogP contribution in [0.15, 0.2) is 23.8 Å². The Labute approximate surface area is 178 Å². The molecule has 3 fully saturated rings. The third-order valence-electron chi connectivity index (χ3n) is 9.73. The lowest BCUT2D eigenvalue weighted by Crippen LogP contribution is -2.54. The van der Waals surface area contributed by atoms with Crippen LogP contribution in [0.1, 0.15) is 86.0 Å². The second-order valence-electron chi connectivity index (χ2n) is 11.8. The number of ketones is 1. The van der Waals surface area contributed by atoms with E-state index in [-0.39, 0.29) is 11.2 Å². The lowest BCUT2D eigenvalue weighted by atomic mass is 9.46.